The molecule has 1 nitrogen and oxygen atoms in total. The van der Waals surface area contributed by atoms with Crippen LogP contribution in [0.3, 0.4) is 0 Å². The van der Waals surface area contributed by atoms with Gasteiger partial charge in [-0.1, -0.05) is 0 Å². The Hall–Kier alpha value is -0.374. The predicted octanol–water partition coefficient (Wildman–Crippen LogP) is 3.69. The first-order valence-electron chi connectivity index (χ1n) is 7.87. The molecule has 1 aromatic rings. The number of rotatable bonds is 8. The fraction of sp³-hybridized carbons (Fsp3) is 0.588. The van der Waals surface area contributed by atoms with Crippen LogP contribution in [-0.2, 0) is 4.79 Å². The van der Waals surface area contributed by atoms with Crippen LogP contribution >= 0.6 is 0 Å². The molecule has 0 radical (unpaired) electrons. The van der Waals surface area contributed by atoms with E-state index < -0.39 is 8.07 Å². The summed E-state index contributed by atoms with van der Waals surface area (Å²) in [6.07, 6.45) is 2.39. The van der Waals surface area contributed by atoms with Crippen molar-refractivity contribution < 1.29 is 4.79 Å². The number of carbonyl (C=O) groups excluding carboxylic acids is 1. The molecule has 0 saturated heterocycles. The van der Waals surface area contributed by atoms with E-state index in [4.69, 9.17) is 0 Å². The van der Waals surface area contributed by atoms with Gasteiger partial charge in [-0.3, -0.25) is 0 Å². The maximum absolute atomic E-state index is 11.1. The molecule has 0 heterocycles. The zero-order valence-corrected chi connectivity index (χ0v) is 15.6. The molecule has 1 aliphatic carbocycles. The molecule has 0 amide bonds. The van der Waals surface area contributed by atoms with E-state index in [2.05, 4.69) is 51.1 Å². The van der Waals surface area contributed by atoms with Crippen molar-refractivity contribution in [2.45, 2.75) is 49.8 Å². The zero-order valence-electron chi connectivity index (χ0n) is 12.8. The van der Waals surface area contributed by atoms with Crippen LogP contribution in [0.4, 0.5) is 0 Å². The first-order chi connectivity index (χ1) is 9.70. The van der Waals surface area contributed by atoms with Crippen LogP contribution in [0.25, 0.3) is 0 Å². The molecule has 2 rings (SSSR count). The average Bonchev–Trinajstić information content (AvgIpc) is 3.29. The second-order valence-corrected chi connectivity index (χ2v) is 14.9. The van der Waals surface area contributed by atoms with Crippen molar-refractivity contribution in [3.05, 3.63) is 30.3 Å². The van der Waals surface area contributed by atoms with Crippen LogP contribution in [0.15, 0.2) is 30.3 Å². The SMILES string of the molecule is CC[Si](CC)(CC)C([Se]c1ccccc1)[C@@H]1C[C@H]1C=O. The molecule has 0 aliphatic heterocycles. The molecule has 20 heavy (non-hydrogen) atoms. The van der Waals surface area contributed by atoms with Gasteiger partial charge in [-0.05, 0) is 0 Å². The van der Waals surface area contributed by atoms with Crippen molar-refractivity contribution in [1.82, 2.24) is 0 Å². The molecule has 0 N–H and O–H groups in total. The molecular weight excluding hydrogens is 327 g/mol. The maximum atomic E-state index is 11.1. The van der Waals surface area contributed by atoms with Gasteiger partial charge >= 0.3 is 131 Å². The summed E-state index contributed by atoms with van der Waals surface area (Å²) in [5, 5.41) is 0. The van der Waals surface area contributed by atoms with Gasteiger partial charge in [0.2, 0.25) is 0 Å². The minimum atomic E-state index is -1.22. The summed E-state index contributed by atoms with van der Waals surface area (Å²) < 4.78 is 2.38. The van der Waals surface area contributed by atoms with Gasteiger partial charge in [0.25, 0.3) is 0 Å². The third-order valence-corrected chi connectivity index (χ3v) is 17.2. The normalized spacial score (nSPS) is 23.4. The van der Waals surface area contributed by atoms with Gasteiger partial charge in [0, 0.05) is 0 Å². The summed E-state index contributed by atoms with van der Waals surface area (Å²) in [6, 6.07) is 15.1. The van der Waals surface area contributed by atoms with Crippen molar-refractivity contribution in [2.24, 2.45) is 11.8 Å². The first kappa shape index (κ1) is 16.0. The van der Waals surface area contributed by atoms with Crippen molar-refractivity contribution >= 4 is 33.8 Å². The number of aldehydes is 1. The first-order valence-corrected chi connectivity index (χ1v) is 12.4. The Morgan fingerprint density at radius 1 is 1.20 bits per heavy atom. The summed E-state index contributed by atoms with van der Waals surface area (Å²) in [7, 11) is -1.22. The number of benzene rings is 1. The quantitative estimate of drug-likeness (QED) is 0.515. The summed E-state index contributed by atoms with van der Waals surface area (Å²) in [5.41, 5.74) is 0. The van der Waals surface area contributed by atoms with E-state index in [9.17, 15) is 4.79 Å². The molecule has 3 atom stereocenters. The standard InChI is InChI=1S/C17H26OSeSi/c1-4-20(5-2,6-3)17(16-12-14(16)13-18)19-15-10-8-7-9-11-15/h7-11,13-14,16-17H,4-6,12H2,1-3H3/t14-,16+,17?/m0/s1. The van der Waals surface area contributed by atoms with Crippen LogP contribution in [0.5, 0.6) is 0 Å². The Morgan fingerprint density at radius 2 is 1.80 bits per heavy atom. The third-order valence-electron chi connectivity index (χ3n) is 5.18. The van der Waals surface area contributed by atoms with E-state index in [-0.39, 0.29) is 0 Å². The molecule has 1 fully saturated rings. The van der Waals surface area contributed by atoms with E-state index in [0.29, 0.717) is 26.8 Å². The second kappa shape index (κ2) is 7.06. The Balaban J connectivity index is 2.23. The average molecular weight is 353 g/mol. The van der Waals surface area contributed by atoms with Crippen molar-refractivity contribution in [3.8, 4) is 0 Å². The van der Waals surface area contributed by atoms with E-state index in [1.165, 1.54) is 28.9 Å². The number of carbonyl (C=O) groups is 1. The Labute approximate surface area is 130 Å². The zero-order chi connectivity index (χ0) is 14.6. The van der Waals surface area contributed by atoms with E-state index in [0.717, 1.165) is 10.9 Å². The topological polar surface area (TPSA) is 17.1 Å². The summed E-state index contributed by atoms with van der Waals surface area (Å²) >= 11 is 0.540. The Bertz CT molecular complexity index is 422. The van der Waals surface area contributed by atoms with Gasteiger partial charge in [0.05, 0.1) is 0 Å². The molecular formula is C17H26OSeSi. The van der Waals surface area contributed by atoms with Gasteiger partial charge in [0.1, 0.15) is 0 Å². The third kappa shape index (κ3) is 3.27. The van der Waals surface area contributed by atoms with Gasteiger partial charge in [-0.25, -0.2) is 0 Å². The van der Waals surface area contributed by atoms with Crippen LogP contribution in [0.1, 0.15) is 27.2 Å². The van der Waals surface area contributed by atoms with Crippen LogP contribution in [0.2, 0.25) is 22.6 Å². The molecule has 0 spiro atoms. The molecule has 1 saturated carbocycles. The molecule has 1 aromatic carbocycles. The fourth-order valence-electron chi connectivity index (χ4n) is 3.41. The van der Waals surface area contributed by atoms with Gasteiger partial charge < -0.3 is 0 Å². The van der Waals surface area contributed by atoms with Crippen LogP contribution in [-0.4, -0.2) is 29.3 Å². The van der Waals surface area contributed by atoms with Crippen molar-refractivity contribution in [3.63, 3.8) is 0 Å². The second-order valence-electron chi connectivity index (χ2n) is 5.97. The fourth-order valence-corrected chi connectivity index (χ4v) is 15.4. The summed E-state index contributed by atoms with van der Waals surface area (Å²) in [6.45, 7) is 7.18. The van der Waals surface area contributed by atoms with Gasteiger partial charge in [-0.2, -0.15) is 0 Å². The molecule has 0 bridgehead atoms. The van der Waals surface area contributed by atoms with Crippen LogP contribution < -0.4 is 4.46 Å². The van der Waals surface area contributed by atoms with E-state index >= 15 is 0 Å². The van der Waals surface area contributed by atoms with E-state index in [1.807, 2.05) is 0 Å². The van der Waals surface area contributed by atoms with E-state index in [1.54, 1.807) is 0 Å². The summed E-state index contributed by atoms with van der Waals surface area (Å²) in [4.78, 5) is 11.1. The minimum absolute atomic E-state index is 0.377. The Kier molecular flexibility index (Phi) is 5.65. The Morgan fingerprint density at radius 3 is 2.25 bits per heavy atom. The summed E-state index contributed by atoms with van der Waals surface area (Å²) in [5.74, 6) is 1.08. The molecule has 1 aliphatic rings. The van der Waals surface area contributed by atoms with Crippen molar-refractivity contribution in [2.75, 3.05) is 0 Å². The monoisotopic (exact) mass is 354 g/mol. The molecule has 3 heteroatoms. The number of hydrogen-bond acceptors (Lipinski definition) is 1. The molecule has 1 unspecified atom stereocenters. The van der Waals surface area contributed by atoms with Crippen LogP contribution in [0, 0.1) is 11.8 Å². The predicted molar refractivity (Wildman–Crippen MR) is 90.4 cm³/mol. The molecule has 0 aromatic heterocycles. The van der Waals surface area contributed by atoms with Gasteiger partial charge in [-0.15, -0.1) is 0 Å². The van der Waals surface area contributed by atoms with Gasteiger partial charge in [0.15, 0.2) is 0 Å². The van der Waals surface area contributed by atoms with Crippen molar-refractivity contribution in [1.29, 1.82) is 0 Å². The molecule has 110 valence electrons. The number of hydrogen-bond donors (Lipinski definition) is 0.